The number of hydrogen-bond acceptors (Lipinski definition) is 3. The molecular weight excluding hydrogens is 346 g/mol. The number of aromatic nitrogens is 1. The van der Waals surface area contributed by atoms with Crippen LogP contribution in [0.3, 0.4) is 0 Å². The Morgan fingerprint density at radius 2 is 1.82 bits per heavy atom. The standard InChI is InChI=1S/C24H21N3O/c1-16-8-10-19(11-9-16)14-27-15-20(21-6-4-5-7-23(21)27)13-26-24-22(12-25)17(2)18(3)28-24/h4-11,13,15H,14H2,1-3H3/b26-13+. The largest absolute Gasteiger partial charge is 0.442 e. The maximum atomic E-state index is 9.38. The third-order valence-electron chi connectivity index (χ3n) is 5.09. The van der Waals surface area contributed by atoms with E-state index in [4.69, 9.17) is 4.42 Å². The number of nitriles is 1. The summed E-state index contributed by atoms with van der Waals surface area (Å²) in [5.41, 5.74) is 5.99. The third-order valence-corrected chi connectivity index (χ3v) is 5.09. The predicted molar refractivity (Wildman–Crippen MR) is 112 cm³/mol. The minimum Gasteiger partial charge on any atom is -0.442 e. The normalized spacial score (nSPS) is 11.4. The van der Waals surface area contributed by atoms with Gasteiger partial charge in [0.15, 0.2) is 0 Å². The lowest BCUT2D eigenvalue weighted by atomic mass is 10.1. The summed E-state index contributed by atoms with van der Waals surface area (Å²) in [4.78, 5) is 4.48. The van der Waals surface area contributed by atoms with Gasteiger partial charge in [0, 0.05) is 41.0 Å². The molecule has 0 unspecified atom stereocenters. The molecule has 0 radical (unpaired) electrons. The monoisotopic (exact) mass is 367 g/mol. The fourth-order valence-corrected chi connectivity index (χ4v) is 3.36. The quantitative estimate of drug-likeness (QED) is 0.426. The van der Waals surface area contributed by atoms with E-state index in [0.717, 1.165) is 34.3 Å². The fourth-order valence-electron chi connectivity index (χ4n) is 3.36. The first-order valence-corrected chi connectivity index (χ1v) is 9.24. The Kier molecular flexibility index (Phi) is 4.58. The number of benzene rings is 2. The summed E-state index contributed by atoms with van der Waals surface area (Å²) < 4.78 is 7.88. The summed E-state index contributed by atoms with van der Waals surface area (Å²) >= 11 is 0. The number of furan rings is 1. The van der Waals surface area contributed by atoms with Crippen LogP contribution in [0, 0.1) is 32.1 Å². The summed E-state index contributed by atoms with van der Waals surface area (Å²) in [5.74, 6) is 1.10. The van der Waals surface area contributed by atoms with Gasteiger partial charge in [0.05, 0.1) is 0 Å². The number of nitrogens with zero attached hydrogens (tertiary/aromatic N) is 3. The minimum atomic E-state index is 0.368. The number of hydrogen-bond donors (Lipinski definition) is 0. The van der Waals surface area contributed by atoms with Crippen molar-refractivity contribution in [3.8, 4) is 6.07 Å². The molecule has 0 amide bonds. The van der Waals surface area contributed by atoms with Crippen molar-refractivity contribution >= 4 is 23.0 Å². The molecule has 4 heteroatoms. The van der Waals surface area contributed by atoms with Crippen LogP contribution in [0.2, 0.25) is 0 Å². The molecule has 0 saturated heterocycles. The van der Waals surface area contributed by atoms with Gasteiger partial charge in [-0.15, -0.1) is 0 Å². The Hall–Kier alpha value is -3.58. The van der Waals surface area contributed by atoms with Crippen molar-refractivity contribution in [2.45, 2.75) is 27.3 Å². The van der Waals surface area contributed by atoms with Crippen molar-refractivity contribution in [2.75, 3.05) is 0 Å². The molecule has 28 heavy (non-hydrogen) atoms. The van der Waals surface area contributed by atoms with E-state index in [2.05, 4.69) is 65.1 Å². The summed E-state index contributed by atoms with van der Waals surface area (Å²) in [6, 6.07) is 19.0. The molecule has 2 aromatic heterocycles. The Balaban J connectivity index is 1.73. The second kappa shape index (κ2) is 7.21. The van der Waals surface area contributed by atoms with Gasteiger partial charge in [0.1, 0.15) is 17.4 Å². The third kappa shape index (κ3) is 3.23. The Bertz CT molecular complexity index is 1220. The van der Waals surface area contributed by atoms with Gasteiger partial charge in [0.2, 0.25) is 5.88 Å². The highest BCUT2D eigenvalue weighted by Gasteiger charge is 2.13. The second-order valence-electron chi connectivity index (χ2n) is 7.05. The molecule has 0 bridgehead atoms. The van der Waals surface area contributed by atoms with Gasteiger partial charge in [-0.1, -0.05) is 48.0 Å². The van der Waals surface area contributed by atoms with E-state index in [1.165, 1.54) is 11.1 Å². The van der Waals surface area contributed by atoms with E-state index >= 15 is 0 Å². The van der Waals surface area contributed by atoms with Crippen LogP contribution in [-0.2, 0) is 6.54 Å². The molecule has 0 spiro atoms. The zero-order chi connectivity index (χ0) is 19.7. The molecule has 2 heterocycles. The van der Waals surface area contributed by atoms with Gasteiger partial charge in [0.25, 0.3) is 0 Å². The van der Waals surface area contributed by atoms with Crippen LogP contribution >= 0.6 is 0 Å². The Morgan fingerprint density at radius 3 is 2.57 bits per heavy atom. The lowest BCUT2D eigenvalue weighted by Gasteiger charge is -2.06. The first-order valence-electron chi connectivity index (χ1n) is 9.24. The first kappa shape index (κ1) is 17.8. The zero-order valence-corrected chi connectivity index (χ0v) is 16.2. The zero-order valence-electron chi connectivity index (χ0n) is 16.2. The summed E-state index contributed by atoms with van der Waals surface area (Å²) in [6.07, 6.45) is 3.88. The second-order valence-corrected chi connectivity index (χ2v) is 7.05. The van der Waals surface area contributed by atoms with Gasteiger partial charge >= 0.3 is 0 Å². The van der Waals surface area contributed by atoms with E-state index < -0.39 is 0 Å². The van der Waals surface area contributed by atoms with Crippen molar-refractivity contribution in [3.63, 3.8) is 0 Å². The highest BCUT2D eigenvalue weighted by Crippen LogP contribution is 2.28. The van der Waals surface area contributed by atoms with E-state index in [0.29, 0.717) is 11.4 Å². The number of aryl methyl sites for hydroxylation is 2. The number of fused-ring (bicyclic) bond motifs is 1. The topological polar surface area (TPSA) is 54.2 Å². The SMILES string of the molecule is Cc1ccc(Cn2cc(/C=N/c3oc(C)c(C)c3C#N)c3ccccc32)cc1. The highest BCUT2D eigenvalue weighted by molar-refractivity contribution is 6.00. The molecule has 0 aliphatic rings. The molecule has 0 saturated carbocycles. The first-order chi connectivity index (χ1) is 13.6. The average molecular weight is 367 g/mol. The lowest BCUT2D eigenvalue weighted by Crippen LogP contribution is -1.97. The molecule has 0 atom stereocenters. The van der Waals surface area contributed by atoms with E-state index in [1.807, 2.05) is 26.0 Å². The van der Waals surface area contributed by atoms with Crippen molar-refractivity contribution in [2.24, 2.45) is 4.99 Å². The number of para-hydroxylation sites is 1. The van der Waals surface area contributed by atoms with E-state index in [1.54, 1.807) is 6.21 Å². The van der Waals surface area contributed by atoms with Gasteiger partial charge in [-0.2, -0.15) is 5.26 Å². The fraction of sp³-hybridized carbons (Fsp3) is 0.167. The lowest BCUT2D eigenvalue weighted by molar-refractivity contribution is 0.542. The molecule has 138 valence electrons. The van der Waals surface area contributed by atoms with E-state index in [-0.39, 0.29) is 0 Å². The molecule has 4 aromatic rings. The summed E-state index contributed by atoms with van der Waals surface area (Å²) in [6.45, 7) is 6.61. The molecule has 0 aliphatic carbocycles. The molecule has 2 aromatic carbocycles. The maximum absolute atomic E-state index is 9.38. The van der Waals surface area contributed by atoms with Crippen LogP contribution in [0.25, 0.3) is 10.9 Å². The summed E-state index contributed by atoms with van der Waals surface area (Å²) in [7, 11) is 0. The van der Waals surface area contributed by atoms with Crippen LogP contribution in [-0.4, -0.2) is 10.8 Å². The number of rotatable bonds is 4. The molecule has 0 fully saturated rings. The van der Waals surface area contributed by atoms with Gasteiger partial charge in [-0.05, 0) is 32.4 Å². The van der Waals surface area contributed by atoms with Crippen molar-refractivity contribution in [1.29, 1.82) is 5.26 Å². The number of aliphatic imine (C=N–C) groups is 1. The molecule has 4 rings (SSSR count). The van der Waals surface area contributed by atoms with E-state index in [9.17, 15) is 5.26 Å². The van der Waals surface area contributed by atoms with Gasteiger partial charge in [-0.25, -0.2) is 4.99 Å². The van der Waals surface area contributed by atoms with Gasteiger partial charge < -0.3 is 8.98 Å². The molecule has 4 nitrogen and oxygen atoms in total. The smallest absolute Gasteiger partial charge is 0.237 e. The Morgan fingerprint density at radius 1 is 1.07 bits per heavy atom. The maximum Gasteiger partial charge on any atom is 0.237 e. The van der Waals surface area contributed by atoms with Crippen LogP contribution in [0.1, 0.15) is 33.6 Å². The summed E-state index contributed by atoms with van der Waals surface area (Å²) in [5, 5.41) is 10.5. The van der Waals surface area contributed by atoms with Crippen LogP contribution in [0.5, 0.6) is 0 Å². The Labute approximate surface area is 164 Å². The van der Waals surface area contributed by atoms with Crippen molar-refractivity contribution in [1.82, 2.24) is 4.57 Å². The molecular formula is C24H21N3O. The molecule has 0 N–H and O–H groups in total. The molecule has 0 aliphatic heterocycles. The minimum absolute atomic E-state index is 0.368. The average Bonchev–Trinajstić information content (AvgIpc) is 3.19. The van der Waals surface area contributed by atoms with Crippen LogP contribution < -0.4 is 0 Å². The highest BCUT2D eigenvalue weighted by atomic mass is 16.4. The van der Waals surface area contributed by atoms with Crippen LogP contribution in [0.4, 0.5) is 5.88 Å². The van der Waals surface area contributed by atoms with Gasteiger partial charge in [-0.3, -0.25) is 0 Å². The van der Waals surface area contributed by atoms with Crippen LogP contribution in [0.15, 0.2) is 64.1 Å². The van der Waals surface area contributed by atoms with Crippen molar-refractivity contribution in [3.05, 3.63) is 88.3 Å². The predicted octanol–water partition coefficient (Wildman–Crippen LogP) is 5.83. The van der Waals surface area contributed by atoms with Crippen molar-refractivity contribution < 1.29 is 4.42 Å².